The van der Waals surface area contributed by atoms with Crippen LogP contribution in [0.4, 0.5) is 0 Å². The Kier molecular flexibility index (Phi) is 11.2. The summed E-state index contributed by atoms with van der Waals surface area (Å²) in [5, 5.41) is 8.18. The molecule has 0 saturated heterocycles. The number of carbonyl (C=O) groups is 2. The SMILES string of the molecule is COCC1c2ccccc2-c2ccccc21.NC=O.NCCCCCC(=O)O. The molecule has 28 heavy (non-hydrogen) atoms. The number of nitrogens with two attached hydrogens (primary N) is 2. The molecule has 0 spiro atoms. The molecule has 0 atom stereocenters. The first-order valence-electron chi connectivity index (χ1n) is 9.35. The van der Waals surface area contributed by atoms with E-state index in [2.05, 4.69) is 54.3 Å². The summed E-state index contributed by atoms with van der Waals surface area (Å²) in [4.78, 5) is 18.5. The summed E-state index contributed by atoms with van der Waals surface area (Å²) in [7, 11) is 1.77. The van der Waals surface area contributed by atoms with Crippen molar-refractivity contribution >= 4 is 12.4 Å². The van der Waals surface area contributed by atoms with Gasteiger partial charge in [-0.25, -0.2) is 0 Å². The predicted molar refractivity (Wildman–Crippen MR) is 111 cm³/mol. The number of carboxylic acids is 1. The van der Waals surface area contributed by atoms with Gasteiger partial charge < -0.3 is 21.3 Å². The third-order valence-corrected chi connectivity index (χ3v) is 4.39. The van der Waals surface area contributed by atoms with Crippen molar-refractivity contribution in [2.75, 3.05) is 20.3 Å². The maximum atomic E-state index is 9.93. The van der Waals surface area contributed by atoms with Gasteiger partial charge in [-0.3, -0.25) is 9.59 Å². The Hall–Kier alpha value is -2.70. The van der Waals surface area contributed by atoms with Crippen LogP contribution in [0.2, 0.25) is 0 Å². The molecular weight excluding hydrogens is 356 g/mol. The first-order chi connectivity index (χ1) is 13.6. The molecule has 6 nitrogen and oxygen atoms in total. The van der Waals surface area contributed by atoms with Gasteiger partial charge in [-0.1, -0.05) is 55.0 Å². The molecule has 1 amide bonds. The molecule has 2 aromatic carbocycles. The monoisotopic (exact) mass is 386 g/mol. The van der Waals surface area contributed by atoms with E-state index in [9.17, 15) is 4.79 Å². The Labute approximate surface area is 166 Å². The number of benzene rings is 2. The smallest absolute Gasteiger partial charge is 0.303 e. The van der Waals surface area contributed by atoms with Gasteiger partial charge in [0.1, 0.15) is 0 Å². The molecule has 0 aliphatic heterocycles. The zero-order chi connectivity index (χ0) is 20.8. The molecule has 0 heterocycles. The van der Waals surface area contributed by atoms with Crippen LogP contribution >= 0.6 is 0 Å². The Morgan fingerprint density at radius 3 is 1.96 bits per heavy atom. The minimum atomic E-state index is -0.716. The van der Waals surface area contributed by atoms with Gasteiger partial charge in [0.15, 0.2) is 0 Å². The summed E-state index contributed by atoms with van der Waals surface area (Å²) in [6.45, 7) is 1.42. The van der Waals surface area contributed by atoms with Gasteiger partial charge in [0.2, 0.25) is 6.41 Å². The summed E-state index contributed by atoms with van der Waals surface area (Å²) in [6, 6.07) is 17.2. The number of methoxy groups -OCH3 is 1. The average molecular weight is 386 g/mol. The second-order valence-corrected chi connectivity index (χ2v) is 6.31. The summed E-state index contributed by atoms with van der Waals surface area (Å²) < 4.78 is 5.34. The van der Waals surface area contributed by atoms with Crippen LogP contribution in [-0.4, -0.2) is 37.7 Å². The molecule has 3 rings (SSSR count). The molecule has 0 radical (unpaired) electrons. The summed E-state index contributed by atoms with van der Waals surface area (Å²) in [6.07, 6.45) is 3.16. The molecule has 1 aliphatic rings. The van der Waals surface area contributed by atoms with E-state index < -0.39 is 5.97 Å². The number of amides is 1. The van der Waals surface area contributed by atoms with E-state index in [1.165, 1.54) is 22.3 Å². The Balaban J connectivity index is 0.000000280. The number of hydrogen-bond donors (Lipinski definition) is 3. The van der Waals surface area contributed by atoms with Gasteiger partial charge in [-0.2, -0.15) is 0 Å². The number of carboxylic acid groups (broad SMARTS) is 1. The highest BCUT2D eigenvalue weighted by atomic mass is 16.5. The number of hydrogen-bond acceptors (Lipinski definition) is 4. The summed E-state index contributed by atoms with van der Waals surface area (Å²) >= 11 is 0. The average Bonchev–Trinajstić information content (AvgIpc) is 3.01. The molecule has 0 bridgehead atoms. The van der Waals surface area contributed by atoms with E-state index in [4.69, 9.17) is 20.4 Å². The Morgan fingerprint density at radius 1 is 1.04 bits per heavy atom. The van der Waals surface area contributed by atoms with E-state index in [0.717, 1.165) is 25.9 Å². The van der Waals surface area contributed by atoms with Crippen LogP contribution in [0.25, 0.3) is 11.1 Å². The topological polar surface area (TPSA) is 116 Å². The number of ether oxygens (including phenoxy) is 1. The van der Waals surface area contributed by atoms with Crippen LogP contribution < -0.4 is 11.5 Å². The lowest BCUT2D eigenvalue weighted by Gasteiger charge is -2.11. The fourth-order valence-corrected chi connectivity index (χ4v) is 3.20. The number of fused-ring (bicyclic) bond motifs is 3. The van der Waals surface area contributed by atoms with Crippen LogP contribution in [0, 0.1) is 0 Å². The third-order valence-electron chi connectivity index (χ3n) is 4.39. The predicted octanol–water partition coefficient (Wildman–Crippen LogP) is 3.14. The van der Waals surface area contributed by atoms with E-state index in [0.29, 0.717) is 12.5 Å². The fraction of sp³-hybridized carbons (Fsp3) is 0.364. The van der Waals surface area contributed by atoms with Crippen LogP contribution in [0.3, 0.4) is 0 Å². The number of carbonyl (C=O) groups excluding carboxylic acids is 1. The van der Waals surface area contributed by atoms with Crippen molar-refractivity contribution in [1.29, 1.82) is 0 Å². The van der Waals surface area contributed by atoms with Gasteiger partial charge >= 0.3 is 5.97 Å². The van der Waals surface area contributed by atoms with Crippen LogP contribution in [0.5, 0.6) is 0 Å². The number of rotatable bonds is 7. The lowest BCUT2D eigenvalue weighted by molar-refractivity contribution is -0.137. The Bertz CT molecular complexity index is 688. The summed E-state index contributed by atoms with van der Waals surface area (Å²) in [5.41, 5.74) is 14.9. The van der Waals surface area contributed by atoms with Gasteiger partial charge in [-0.15, -0.1) is 0 Å². The number of unbranched alkanes of at least 4 members (excludes halogenated alkanes) is 2. The minimum Gasteiger partial charge on any atom is -0.481 e. The van der Waals surface area contributed by atoms with Gasteiger partial charge in [0, 0.05) is 19.4 Å². The quantitative estimate of drug-likeness (QED) is 0.499. The first-order valence-corrected chi connectivity index (χ1v) is 9.35. The van der Waals surface area contributed by atoms with Gasteiger partial charge in [0.25, 0.3) is 0 Å². The zero-order valence-corrected chi connectivity index (χ0v) is 16.3. The minimum absolute atomic E-state index is 0.250. The van der Waals surface area contributed by atoms with Crippen LogP contribution in [0.1, 0.15) is 42.7 Å². The largest absolute Gasteiger partial charge is 0.481 e. The van der Waals surface area contributed by atoms with Gasteiger partial charge in [-0.05, 0) is 41.6 Å². The molecule has 0 saturated carbocycles. The second-order valence-electron chi connectivity index (χ2n) is 6.31. The highest BCUT2D eigenvalue weighted by molar-refractivity contribution is 5.78. The zero-order valence-electron chi connectivity index (χ0n) is 16.3. The first kappa shape index (κ1) is 23.3. The van der Waals surface area contributed by atoms with Crippen molar-refractivity contribution in [2.24, 2.45) is 11.5 Å². The van der Waals surface area contributed by atoms with Crippen LogP contribution in [0.15, 0.2) is 48.5 Å². The number of primary amides is 1. The van der Waals surface area contributed by atoms with Gasteiger partial charge in [0.05, 0.1) is 6.61 Å². The standard InChI is InChI=1S/C15H14O.C6H13NO2.CH3NO/c1-16-10-15-13-8-4-2-6-11(13)12-7-3-5-9-14(12)15;7-5-3-1-2-4-6(8)9;2-1-3/h2-9,15H,10H2,1H3;1-5,7H2,(H,8,9);1H,(H2,2,3). The summed E-state index contributed by atoms with van der Waals surface area (Å²) in [5.74, 6) is -0.315. The molecule has 0 aromatic heterocycles. The van der Waals surface area contributed by atoms with E-state index >= 15 is 0 Å². The molecule has 5 N–H and O–H groups in total. The molecule has 152 valence electrons. The maximum Gasteiger partial charge on any atom is 0.303 e. The molecule has 2 aromatic rings. The fourth-order valence-electron chi connectivity index (χ4n) is 3.20. The van der Waals surface area contributed by atoms with E-state index in [1.807, 2.05) is 0 Å². The molecular formula is C22H30N2O4. The van der Waals surface area contributed by atoms with Crippen molar-refractivity contribution < 1.29 is 19.4 Å². The van der Waals surface area contributed by atoms with E-state index in [1.54, 1.807) is 7.11 Å². The maximum absolute atomic E-state index is 9.93. The van der Waals surface area contributed by atoms with Crippen molar-refractivity contribution in [3.8, 4) is 11.1 Å². The van der Waals surface area contributed by atoms with Crippen molar-refractivity contribution in [2.45, 2.75) is 31.6 Å². The number of aliphatic carboxylic acids is 1. The second kappa shape index (κ2) is 13.5. The molecule has 6 heteroatoms. The lowest BCUT2D eigenvalue weighted by atomic mass is 9.98. The van der Waals surface area contributed by atoms with Crippen LogP contribution in [-0.2, 0) is 14.3 Å². The van der Waals surface area contributed by atoms with Crippen molar-refractivity contribution in [1.82, 2.24) is 0 Å². The van der Waals surface area contributed by atoms with Crippen molar-refractivity contribution in [3.05, 3.63) is 59.7 Å². The molecule has 1 aliphatic carbocycles. The highest BCUT2D eigenvalue weighted by Crippen LogP contribution is 2.44. The normalized spacial score (nSPS) is 11.2. The highest BCUT2D eigenvalue weighted by Gasteiger charge is 2.27. The molecule has 0 fully saturated rings. The van der Waals surface area contributed by atoms with Crippen molar-refractivity contribution in [3.63, 3.8) is 0 Å². The lowest BCUT2D eigenvalue weighted by Crippen LogP contribution is -2.04. The Morgan fingerprint density at radius 2 is 1.54 bits per heavy atom. The van der Waals surface area contributed by atoms with E-state index in [-0.39, 0.29) is 12.8 Å². The third kappa shape index (κ3) is 7.13. The molecule has 0 unspecified atom stereocenters.